The molecule has 11 heavy (non-hydrogen) atoms. The van der Waals surface area contributed by atoms with Crippen LogP contribution < -0.4 is 0 Å². The predicted molar refractivity (Wildman–Crippen MR) is 48.1 cm³/mol. The maximum absolute atomic E-state index is 12.3. The van der Waals surface area contributed by atoms with E-state index in [1.165, 1.54) is 11.6 Å². The number of halogens is 1. The normalized spacial score (nSPS) is 13.5. The van der Waals surface area contributed by atoms with E-state index < -0.39 is 0 Å². The third-order valence-corrected chi connectivity index (χ3v) is 1.61. The van der Waals surface area contributed by atoms with Gasteiger partial charge in [-0.25, -0.2) is 4.39 Å². The van der Waals surface area contributed by atoms with Gasteiger partial charge in [-0.3, -0.25) is 0 Å². The molecule has 0 rings (SSSR count). The van der Waals surface area contributed by atoms with Crippen molar-refractivity contribution in [1.82, 2.24) is 0 Å². The first-order valence-corrected chi connectivity index (χ1v) is 3.80. The van der Waals surface area contributed by atoms with E-state index in [2.05, 4.69) is 6.58 Å². The van der Waals surface area contributed by atoms with Crippen molar-refractivity contribution < 1.29 is 4.39 Å². The summed E-state index contributed by atoms with van der Waals surface area (Å²) >= 11 is 0. The minimum absolute atomic E-state index is 0.379. The maximum Gasteiger partial charge on any atom is 0.116 e. The van der Waals surface area contributed by atoms with E-state index in [-0.39, 0.29) is 5.83 Å². The lowest BCUT2D eigenvalue weighted by Gasteiger charge is -2.02. The Balaban J connectivity index is 4.45. The topological polar surface area (TPSA) is 0 Å². The minimum Gasteiger partial charge on any atom is -0.208 e. The van der Waals surface area contributed by atoms with Gasteiger partial charge >= 0.3 is 0 Å². The Morgan fingerprint density at radius 1 is 1.55 bits per heavy atom. The quantitative estimate of drug-likeness (QED) is 0.543. The SMILES string of the molecule is C=C(F)/C=C(C)\C(=C/C)CC. The van der Waals surface area contributed by atoms with Crippen LogP contribution in [0.25, 0.3) is 0 Å². The summed E-state index contributed by atoms with van der Waals surface area (Å²) in [5.41, 5.74) is 2.13. The lowest BCUT2D eigenvalue weighted by atomic mass is 10.1. The molecular formula is C10H15F. The van der Waals surface area contributed by atoms with Gasteiger partial charge in [0.2, 0.25) is 0 Å². The minimum atomic E-state index is -0.379. The van der Waals surface area contributed by atoms with Crippen LogP contribution in [0.2, 0.25) is 0 Å². The third-order valence-electron chi connectivity index (χ3n) is 1.61. The zero-order valence-corrected chi connectivity index (χ0v) is 7.45. The zero-order valence-electron chi connectivity index (χ0n) is 7.45. The highest BCUT2D eigenvalue weighted by molar-refractivity contribution is 5.32. The van der Waals surface area contributed by atoms with Gasteiger partial charge in [0.1, 0.15) is 5.83 Å². The van der Waals surface area contributed by atoms with Crippen molar-refractivity contribution in [1.29, 1.82) is 0 Å². The van der Waals surface area contributed by atoms with Crippen molar-refractivity contribution in [2.45, 2.75) is 27.2 Å². The molecule has 0 aliphatic heterocycles. The van der Waals surface area contributed by atoms with Gasteiger partial charge in [0.25, 0.3) is 0 Å². The highest BCUT2D eigenvalue weighted by Gasteiger charge is 1.95. The fraction of sp³-hybridized carbons (Fsp3) is 0.400. The van der Waals surface area contributed by atoms with E-state index in [0.717, 1.165) is 12.0 Å². The van der Waals surface area contributed by atoms with Crippen LogP contribution in [0.3, 0.4) is 0 Å². The van der Waals surface area contributed by atoms with E-state index in [1.54, 1.807) is 0 Å². The second-order valence-electron chi connectivity index (χ2n) is 2.44. The van der Waals surface area contributed by atoms with Gasteiger partial charge in [-0.05, 0) is 37.5 Å². The molecule has 0 saturated heterocycles. The molecule has 0 amide bonds. The van der Waals surface area contributed by atoms with Crippen LogP contribution in [0.1, 0.15) is 27.2 Å². The Kier molecular flexibility index (Phi) is 4.51. The zero-order chi connectivity index (χ0) is 8.85. The van der Waals surface area contributed by atoms with Crippen LogP contribution in [0.4, 0.5) is 4.39 Å². The van der Waals surface area contributed by atoms with Gasteiger partial charge in [0, 0.05) is 0 Å². The smallest absolute Gasteiger partial charge is 0.116 e. The lowest BCUT2D eigenvalue weighted by molar-refractivity contribution is 0.669. The molecule has 0 unspecified atom stereocenters. The molecule has 0 fully saturated rings. The van der Waals surface area contributed by atoms with Gasteiger partial charge in [0.05, 0.1) is 0 Å². The summed E-state index contributed by atoms with van der Waals surface area (Å²) in [5, 5.41) is 0. The van der Waals surface area contributed by atoms with Gasteiger partial charge < -0.3 is 0 Å². The van der Waals surface area contributed by atoms with E-state index in [1.807, 2.05) is 26.8 Å². The van der Waals surface area contributed by atoms with Gasteiger partial charge in [-0.2, -0.15) is 0 Å². The average molecular weight is 154 g/mol. The largest absolute Gasteiger partial charge is 0.208 e. The van der Waals surface area contributed by atoms with Gasteiger partial charge in [-0.15, -0.1) is 0 Å². The Morgan fingerprint density at radius 2 is 2.09 bits per heavy atom. The monoisotopic (exact) mass is 154 g/mol. The number of hydrogen-bond acceptors (Lipinski definition) is 0. The van der Waals surface area contributed by atoms with Crippen LogP contribution in [0.15, 0.2) is 35.7 Å². The molecule has 0 bridgehead atoms. The van der Waals surface area contributed by atoms with E-state index in [0.29, 0.717) is 0 Å². The second-order valence-corrected chi connectivity index (χ2v) is 2.44. The lowest BCUT2D eigenvalue weighted by Crippen LogP contribution is -1.82. The Bertz CT molecular complexity index is 197. The van der Waals surface area contributed by atoms with Crippen LogP contribution in [0.5, 0.6) is 0 Å². The highest BCUT2D eigenvalue weighted by atomic mass is 19.1. The molecule has 0 atom stereocenters. The molecule has 62 valence electrons. The first-order valence-electron chi connectivity index (χ1n) is 3.80. The van der Waals surface area contributed by atoms with Gasteiger partial charge in [-0.1, -0.05) is 19.6 Å². The molecule has 0 aromatic heterocycles. The Morgan fingerprint density at radius 3 is 2.36 bits per heavy atom. The van der Waals surface area contributed by atoms with Gasteiger partial charge in [0.15, 0.2) is 0 Å². The summed E-state index contributed by atoms with van der Waals surface area (Å²) in [7, 11) is 0. The first-order chi connectivity index (χ1) is 5.11. The molecule has 0 spiro atoms. The van der Waals surface area contributed by atoms with Crippen molar-refractivity contribution in [3.8, 4) is 0 Å². The predicted octanol–water partition coefficient (Wildman–Crippen LogP) is 3.77. The highest BCUT2D eigenvalue weighted by Crippen LogP contribution is 2.14. The Labute approximate surface area is 68.1 Å². The van der Waals surface area contributed by atoms with Crippen LogP contribution in [-0.2, 0) is 0 Å². The third kappa shape index (κ3) is 3.76. The standard InChI is InChI=1S/C10H15F/c1-5-10(6-2)8(3)7-9(4)11/h5,7H,4,6H2,1-3H3/b8-7-,10-5-. The summed E-state index contributed by atoms with van der Waals surface area (Å²) in [4.78, 5) is 0. The van der Waals surface area contributed by atoms with E-state index in [9.17, 15) is 4.39 Å². The molecule has 0 aromatic carbocycles. The molecule has 0 nitrogen and oxygen atoms in total. The molecule has 0 aliphatic rings. The first kappa shape index (κ1) is 10.2. The van der Waals surface area contributed by atoms with Crippen molar-refractivity contribution in [2.75, 3.05) is 0 Å². The molecule has 0 heterocycles. The fourth-order valence-corrected chi connectivity index (χ4v) is 1.04. The molecule has 0 N–H and O–H groups in total. The maximum atomic E-state index is 12.3. The Hall–Kier alpha value is -0.850. The number of allylic oxidation sites excluding steroid dienone is 5. The average Bonchev–Trinajstić information content (AvgIpc) is 1.88. The number of hydrogen-bond donors (Lipinski definition) is 0. The molecule has 0 saturated carbocycles. The molecule has 1 heteroatoms. The van der Waals surface area contributed by atoms with Crippen molar-refractivity contribution in [3.63, 3.8) is 0 Å². The second kappa shape index (κ2) is 4.89. The molecule has 0 aliphatic carbocycles. The van der Waals surface area contributed by atoms with E-state index in [4.69, 9.17) is 0 Å². The van der Waals surface area contributed by atoms with Crippen LogP contribution in [0, 0.1) is 0 Å². The molecular weight excluding hydrogens is 139 g/mol. The molecule has 0 radical (unpaired) electrons. The van der Waals surface area contributed by atoms with Crippen molar-refractivity contribution in [2.24, 2.45) is 0 Å². The summed E-state index contributed by atoms with van der Waals surface area (Å²) in [6.45, 7) is 9.07. The number of rotatable bonds is 3. The fourth-order valence-electron chi connectivity index (χ4n) is 1.04. The summed E-state index contributed by atoms with van der Waals surface area (Å²) < 4.78 is 12.3. The summed E-state index contributed by atoms with van der Waals surface area (Å²) in [5.74, 6) is -0.379. The molecule has 0 aromatic rings. The van der Waals surface area contributed by atoms with Crippen LogP contribution in [-0.4, -0.2) is 0 Å². The van der Waals surface area contributed by atoms with E-state index >= 15 is 0 Å². The summed E-state index contributed by atoms with van der Waals surface area (Å²) in [6, 6.07) is 0. The van der Waals surface area contributed by atoms with Crippen molar-refractivity contribution >= 4 is 0 Å². The van der Waals surface area contributed by atoms with Crippen molar-refractivity contribution in [3.05, 3.63) is 35.7 Å². The summed E-state index contributed by atoms with van der Waals surface area (Å²) in [6.07, 6.45) is 4.39. The van der Waals surface area contributed by atoms with Crippen LogP contribution >= 0.6 is 0 Å².